The van der Waals surface area contributed by atoms with Crippen molar-refractivity contribution in [3.63, 3.8) is 0 Å². The largest absolute Gasteiger partial charge is 0.495 e. The fraction of sp³-hybridized carbons (Fsp3) is 0.278. The number of rotatable bonds is 3. The summed E-state index contributed by atoms with van der Waals surface area (Å²) in [4.78, 5) is 16.1. The molecule has 2 heterocycles. The van der Waals surface area contributed by atoms with Crippen LogP contribution >= 0.6 is 15.9 Å². The van der Waals surface area contributed by atoms with Crippen LogP contribution in [0.2, 0.25) is 0 Å². The van der Waals surface area contributed by atoms with Crippen LogP contribution in [0.25, 0.3) is 16.6 Å². The van der Waals surface area contributed by atoms with Crippen LogP contribution in [0.4, 0.5) is 16.3 Å². The molecule has 0 saturated carbocycles. The van der Waals surface area contributed by atoms with Gasteiger partial charge in [-0.15, -0.1) is 0 Å². The summed E-state index contributed by atoms with van der Waals surface area (Å²) in [5, 5.41) is 6.90. The highest BCUT2D eigenvalue weighted by molar-refractivity contribution is 9.10. The average molecular weight is 434 g/mol. The molecular formula is C18H20BrN5O3. The molecule has 0 bridgehead atoms. The SMILES string of the molecule is COc1cc(-c2cc(Br)n3ncnc(N)c23)ccc1NC(=O)OC(C)(C)C. The Hall–Kier alpha value is -2.81. The lowest BCUT2D eigenvalue weighted by Gasteiger charge is -2.20. The molecule has 0 atom stereocenters. The van der Waals surface area contributed by atoms with E-state index in [-0.39, 0.29) is 0 Å². The molecule has 3 N–H and O–H groups in total. The number of nitrogen functional groups attached to an aromatic ring is 1. The van der Waals surface area contributed by atoms with Crippen molar-refractivity contribution in [2.75, 3.05) is 18.2 Å². The zero-order valence-electron chi connectivity index (χ0n) is 15.4. The van der Waals surface area contributed by atoms with E-state index in [4.69, 9.17) is 15.2 Å². The maximum atomic E-state index is 12.0. The van der Waals surface area contributed by atoms with Crippen LogP contribution in [-0.2, 0) is 4.74 Å². The maximum absolute atomic E-state index is 12.0. The van der Waals surface area contributed by atoms with Crippen LogP contribution in [-0.4, -0.2) is 33.4 Å². The monoisotopic (exact) mass is 433 g/mol. The third-order valence-corrected chi connectivity index (χ3v) is 4.25. The molecule has 3 rings (SSSR count). The molecule has 0 unspecified atom stereocenters. The predicted octanol–water partition coefficient (Wildman–Crippen LogP) is 4.10. The van der Waals surface area contributed by atoms with Crippen LogP contribution < -0.4 is 15.8 Å². The molecule has 0 fully saturated rings. The highest BCUT2D eigenvalue weighted by atomic mass is 79.9. The molecule has 8 nitrogen and oxygen atoms in total. The summed E-state index contributed by atoms with van der Waals surface area (Å²) in [7, 11) is 1.53. The van der Waals surface area contributed by atoms with E-state index in [0.717, 1.165) is 15.7 Å². The van der Waals surface area contributed by atoms with Crippen LogP contribution in [0.3, 0.4) is 0 Å². The van der Waals surface area contributed by atoms with E-state index in [1.54, 1.807) is 37.4 Å². The standard InChI is InChI=1S/C18H20BrN5O3/c1-18(2,3)27-17(25)23-12-6-5-10(7-13(12)26-4)11-8-14(19)24-15(11)16(20)21-9-22-24/h5-9H,1-4H3,(H,23,25)(H2,20,21,22). The number of hydrogen-bond acceptors (Lipinski definition) is 6. The van der Waals surface area contributed by atoms with Crippen LogP contribution in [0.15, 0.2) is 35.2 Å². The first-order valence-corrected chi connectivity index (χ1v) is 8.95. The topological polar surface area (TPSA) is 104 Å². The fourth-order valence-corrected chi connectivity index (χ4v) is 3.12. The normalized spacial score (nSPS) is 11.4. The van der Waals surface area contributed by atoms with Gasteiger partial charge in [0.15, 0.2) is 5.82 Å². The van der Waals surface area contributed by atoms with E-state index in [2.05, 4.69) is 31.3 Å². The van der Waals surface area contributed by atoms with E-state index in [0.29, 0.717) is 22.8 Å². The van der Waals surface area contributed by atoms with Gasteiger partial charge in [-0.3, -0.25) is 5.32 Å². The van der Waals surface area contributed by atoms with Gasteiger partial charge < -0.3 is 15.2 Å². The first kappa shape index (κ1) is 19.0. The second-order valence-corrected chi connectivity index (χ2v) is 7.64. The highest BCUT2D eigenvalue weighted by Gasteiger charge is 2.19. The molecule has 0 aliphatic rings. The molecule has 142 valence electrons. The molecule has 0 spiro atoms. The first-order valence-electron chi connectivity index (χ1n) is 8.16. The number of amides is 1. The zero-order chi connectivity index (χ0) is 19.8. The molecule has 0 aliphatic heterocycles. The Morgan fingerprint density at radius 1 is 1.30 bits per heavy atom. The van der Waals surface area contributed by atoms with Gasteiger partial charge in [-0.05, 0) is 60.5 Å². The van der Waals surface area contributed by atoms with Gasteiger partial charge in [0.2, 0.25) is 0 Å². The number of methoxy groups -OCH3 is 1. The van der Waals surface area contributed by atoms with Crippen molar-refractivity contribution in [3.05, 3.63) is 35.2 Å². The first-order chi connectivity index (χ1) is 12.7. The van der Waals surface area contributed by atoms with Gasteiger partial charge in [-0.25, -0.2) is 14.3 Å². The molecule has 2 aromatic heterocycles. The van der Waals surface area contributed by atoms with Crippen molar-refractivity contribution in [2.24, 2.45) is 0 Å². The van der Waals surface area contributed by atoms with E-state index in [9.17, 15) is 4.79 Å². The molecule has 3 aromatic rings. The molecule has 27 heavy (non-hydrogen) atoms. The number of carbonyl (C=O) groups excluding carboxylic acids is 1. The van der Waals surface area contributed by atoms with Crippen LogP contribution in [0, 0.1) is 0 Å². The van der Waals surface area contributed by atoms with Crippen molar-refractivity contribution in [1.29, 1.82) is 0 Å². The number of hydrogen-bond donors (Lipinski definition) is 2. The van der Waals surface area contributed by atoms with Crippen molar-refractivity contribution in [3.8, 4) is 16.9 Å². The molecule has 1 aromatic carbocycles. The molecule has 0 radical (unpaired) electrons. The zero-order valence-corrected chi connectivity index (χ0v) is 17.0. The predicted molar refractivity (Wildman–Crippen MR) is 107 cm³/mol. The van der Waals surface area contributed by atoms with Crippen molar-refractivity contribution < 1.29 is 14.3 Å². The number of nitrogens with zero attached hydrogens (tertiary/aromatic N) is 3. The smallest absolute Gasteiger partial charge is 0.412 e. The lowest BCUT2D eigenvalue weighted by atomic mass is 10.1. The number of ether oxygens (including phenoxy) is 2. The molecule has 0 aliphatic carbocycles. The summed E-state index contributed by atoms with van der Waals surface area (Å²) in [6, 6.07) is 7.30. The third-order valence-electron chi connectivity index (χ3n) is 3.69. The molecule has 9 heteroatoms. The number of fused-ring (bicyclic) bond motifs is 1. The van der Waals surface area contributed by atoms with Crippen molar-refractivity contribution >= 4 is 39.0 Å². The Kier molecular flexibility index (Phi) is 4.97. The second-order valence-electron chi connectivity index (χ2n) is 6.83. The number of aromatic nitrogens is 3. The van der Waals surface area contributed by atoms with Gasteiger partial charge >= 0.3 is 6.09 Å². The summed E-state index contributed by atoms with van der Waals surface area (Å²) in [6.45, 7) is 5.40. The molecule has 1 amide bonds. The van der Waals surface area contributed by atoms with Gasteiger partial charge in [0, 0.05) is 5.56 Å². The molecular weight excluding hydrogens is 414 g/mol. The van der Waals surface area contributed by atoms with E-state index >= 15 is 0 Å². The summed E-state index contributed by atoms with van der Waals surface area (Å²) >= 11 is 3.47. The molecule has 0 saturated heterocycles. The van der Waals surface area contributed by atoms with Gasteiger partial charge in [0.25, 0.3) is 0 Å². The fourth-order valence-electron chi connectivity index (χ4n) is 2.63. The number of carbonyl (C=O) groups is 1. The van der Waals surface area contributed by atoms with Crippen molar-refractivity contribution in [2.45, 2.75) is 26.4 Å². The number of halogens is 1. The summed E-state index contributed by atoms with van der Waals surface area (Å²) < 4.78 is 13.1. The average Bonchev–Trinajstić information content (AvgIpc) is 2.92. The Morgan fingerprint density at radius 2 is 2.04 bits per heavy atom. The minimum atomic E-state index is -0.591. The number of nitrogens with one attached hydrogen (secondary N) is 1. The second kappa shape index (κ2) is 7.07. The van der Waals surface area contributed by atoms with E-state index < -0.39 is 11.7 Å². The van der Waals surface area contributed by atoms with Crippen molar-refractivity contribution in [1.82, 2.24) is 14.6 Å². The van der Waals surface area contributed by atoms with Gasteiger partial charge in [0.05, 0.1) is 12.8 Å². The number of benzene rings is 1. The van der Waals surface area contributed by atoms with Gasteiger partial charge in [-0.1, -0.05) is 6.07 Å². The highest BCUT2D eigenvalue weighted by Crippen LogP contribution is 2.36. The Labute approximate surface area is 164 Å². The third kappa shape index (κ3) is 3.97. The van der Waals surface area contributed by atoms with Gasteiger partial charge in [0.1, 0.15) is 27.8 Å². The number of anilines is 2. The minimum absolute atomic E-state index is 0.362. The number of nitrogens with two attached hydrogens (primary N) is 1. The summed E-state index contributed by atoms with van der Waals surface area (Å²) in [5.74, 6) is 0.852. The Bertz CT molecular complexity index is 1010. The Morgan fingerprint density at radius 3 is 2.70 bits per heavy atom. The lowest BCUT2D eigenvalue weighted by molar-refractivity contribution is 0.0635. The summed E-state index contributed by atoms with van der Waals surface area (Å²) in [5.41, 5.74) is 8.30. The van der Waals surface area contributed by atoms with Crippen LogP contribution in [0.1, 0.15) is 20.8 Å². The quantitative estimate of drug-likeness (QED) is 0.644. The van der Waals surface area contributed by atoms with E-state index in [1.807, 2.05) is 12.1 Å². The van der Waals surface area contributed by atoms with E-state index in [1.165, 1.54) is 13.4 Å². The Balaban J connectivity index is 1.99. The minimum Gasteiger partial charge on any atom is -0.495 e. The summed E-state index contributed by atoms with van der Waals surface area (Å²) in [6.07, 6.45) is 0.842. The van der Waals surface area contributed by atoms with Gasteiger partial charge in [-0.2, -0.15) is 5.10 Å². The lowest BCUT2D eigenvalue weighted by Crippen LogP contribution is -2.27. The van der Waals surface area contributed by atoms with Crippen LogP contribution in [0.5, 0.6) is 5.75 Å². The maximum Gasteiger partial charge on any atom is 0.412 e.